The smallest absolute Gasteiger partial charge is 0.303 e. The third-order valence-electron chi connectivity index (χ3n) is 4.73. The summed E-state index contributed by atoms with van der Waals surface area (Å²) >= 11 is 0. The summed E-state index contributed by atoms with van der Waals surface area (Å²) in [6.45, 7) is 2.40. The number of rotatable bonds is 7. The predicted octanol–water partition coefficient (Wildman–Crippen LogP) is 1.14. The van der Waals surface area contributed by atoms with Gasteiger partial charge in [-0.15, -0.1) is 0 Å². The Hall–Kier alpha value is -3.26. The number of amides is 2. The molecule has 2 aromatic rings. The zero-order valence-corrected chi connectivity index (χ0v) is 16.0. The maximum absolute atomic E-state index is 12.8. The molecule has 0 spiro atoms. The van der Waals surface area contributed by atoms with Gasteiger partial charge in [-0.2, -0.15) is 0 Å². The molecule has 29 heavy (non-hydrogen) atoms. The van der Waals surface area contributed by atoms with E-state index in [1.54, 1.807) is 23.1 Å². The summed E-state index contributed by atoms with van der Waals surface area (Å²) in [5, 5.41) is 14.9. The minimum Gasteiger partial charge on any atom is -0.481 e. The maximum Gasteiger partial charge on any atom is 0.303 e. The molecule has 152 valence electrons. The fraction of sp³-hybridized carbons (Fsp3) is 0.333. The monoisotopic (exact) mass is 396 g/mol. The molecule has 3 rings (SSSR count). The lowest BCUT2D eigenvalue weighted by atomic mass is 10.1. The molecule has 1 fully saturated rings. The van der Waals surface area contributed by atoms with E-state index < -0.39 is 17.9 Å². The van der Waals surface area contributed by atoms with E-state index in [4.69, 9.17) is 5.11 Å². The summed E-state index contributed by atoms with van der Waals surface area (Å²) < 4.78 is 0. The molecule has 8 heteroatoms. The number of pyridine rings is 1. The van der Waals surface area contributed by atoms with E-state index in [0.29, 0.717) is 31.9 Å². The first-order chi connectivity index (χ1) is 14.0. The van der Waals surface area contributed by atoms with Crippen LogP contribution in [0.1, 0.15) is 23.3 Å². The molecule has 8 nitrogen and oxygen atoms in total. The lowest BCUT2D eigenvalue weighted by molar-refractivity contribution is -0.138. The number of carbonyl (C=O) groups is 3. The number of hydrogen-bond donors (Lipinski definition) is 3. The summed E-state index contributed by atoms with van der Waals surface area (Å²) in [6.07, 6.45) is -0.178. The number of nitrogens with zero attached hydrogens (tertiary/aromatic N) is 2. The normalized spacial score (nSPS) is 14.8. The molecular formula is C21H24N4O4. The van der Waals surface area contributed by atoms with Crippen LogP contribution in [0.3, 0.4) is 0 Å². The van der Waals surface area contributed by atoms with Crippen molar-refractivity contribution in [2.24, 2.45) is 0 Å². The predicted molar refractivity (Wildman–Crippen MR) is 107 cm³/mol. The Labute approximate surface area is 168 Å². The van der Waals surface area contributed by atoms with Gasteiger partial charge in [0, 0.05) is 38.2 Å². The van der Waals surface area contributed by atoms with Crippen LogP contribution in [0, 0.1) is 0 Å². The number of piperazine rings is 1. The molecule has 2 amide bonds. The molecule has 2 heterocycles. The van der Waals surface area contributed by atoms with E-state index in [1.807, 2.05) is 30.3 Å². The zero-order chi connectivity index (χ0) is 20.6. The lowest BCUT2D eigenvalue weighted by Gasteiger charge is -2.31. The molecule has 3 N–H and O–H groups in total. The number of benzene rings is 1. The van der Waals surface area contributed by atoms with Gasteiger partial charge < -0.3 is 20.6 Å². The highest BCUT2D eigenvalue weighted by molar-refractivity contribution is 5.96. The number of aliphatic carboxylic acids is 1. The van der Waals surface area contributed by atoms with Crippen molar-refractivity contribution in [1.82, 2.24) is 20.5 Å². The van der Waals surface area contributed by atoms with Gasteiger partial charge in [0.2, 0.25) is 5.91 Å². The van der Waals surface area contributed by atoms with Gasteiger partial charge in [0.15, 0.2) is 0 Å². The van der Waals surface area contributed by atoms with Crippen molar-refractivity contribution in [3.8, 4) is 11.3 Å². The van der Waals surface area contributed by atoms with Gasteiger partial charge in [-0.05, 0) is 18.6 Å². The Bertz CT molecular complexity index is 866. The highest BCUT2D eigenvalue weighted by Gasteiger charge is 2.28. The van der Waals surface area contributed by atoms with Crippen molar-refractivity contribution in [1.29, 1.82) is 0 Å². The number of nitrogens with one attached hydrogen (secondary N) is 2. The second-order valence-electron chi connectivity index (χ2n) is 6.81. The summed E-state index contributed by atoms with van der Waals surface area (Å²) in [7, 11) is 0. The van der Waals surface area contributed by atoms with E-state index in [1.165, 1.54) is 0 Å². The second kappa shape index (κ2) is 9.79. The first kappa shape index (κ1) is 20.5. The number of aromatic nitrogens is 1. The Kier molecular flexibility index (Phi) is 6.91. The van der Waals surface area contributed by atoms with Crippen LogP contribution in [0.5, 0.6) is 0 Å². The highest BCUT2D eigenvalue weighted by atomic mass is 16.4. The average Bonchev–Trinajstić information content (AvgIpc) is 2.77. The van der Waals surface area contributed by atoms with Gasteiger partial charge in [-0.3, -0.25) is 14.4 Å². The fourth-order valence-electron chi connectivity index (χ4n) is 3.19. The molecule has 1 aliphatic rings. The molecule has 0 radical (unpaired) electrons. The van der Waals surface area contributed by atoms with Gasteiger partial charge >= 0.3 is 5.97 Å². The molecule has 1 aromatic heterocycles. The Balaban J connectivity index is 1.75. The van der Waals surface area contributed by atoms with E-state index in [0.717, 1.165) is 5.56 Å². The lowest BCUT2D eigenvalue weighted by Crippen LogP contribution is -2.54. The first-order valence-electron chi connectivity index (χ1n) is 9.59. The average molecular weight is 396 g/mol. The number of carboxylic acids is 1. The van der Waals surface area contributed by atoms with Crippen LogP contribution in [0.25, 0.3) is 11.3 Å². The molecular weight excluding hydrogens is 372 g/mol. The molecule has 1 aliphatic heterocycles. The second-order valence-corrected chi connectivity index (χ2v) is 6.81. The van der Waals surface area contributed by atoms with E-state index in [-0.39, 0.29) is 24.4 Å². The Morgan fingerprint density at radius 1 is 1.07 bits per heavy atom. The molecule has 1 aromatic carbocycles. The van der Waals surface area contributed by atoms with E-state index in [2.05, 4.69) is 15.6 Å². The van der Waals surface area contributed by atoms with E-state index in [9.17, 15) is 14.4 Å². The third-order valence-corrected chi connectivity index (χ3v) is 4.73. The van der Waals surface area contributed by atoms with Crippen molar-refractivity contribution in [3.63, 3.8) is 0 Å². The molecule has 1 atom stereocenters. The van der Waals surface area contributed by atoms with Crippen LogP contribution in [0.2, 0.25) is 0 Å². The molecule has 0 bridgehead atoms. The van der Waals surface area contributed by atoms with E-state index >= 15 is 0 Å². The summed E-state index contributed by atoms with van der Waals surface area (Å²) in [5.41, 5.74) is 1.70. The molecule has 0 unspecified atom stereocenters. The highest BCUT2D eigenvalue weighted by Crippen LogP contribution is 2.16. The number of hydrogen-bond acceptors (Lipinski definition) is 5. The van der Waals surface area contributed by atoms with Crippen molar-refractivity contribution in [3.05, 3.63) is 54.2 Å². The van der Waals surface area contributed by atoms with Crippen LogP contribution in [0.4, 0.5) is 0 Å². The van der Waals surface area contributed by atoms with Crippen LogP contribution in [-0.2, 0) is 9.59 Å². The summed E-state index contributed by atoms with van der Waals surface area (Å²) in [4.78, 5) is 42.7. The van der Waals surface area contributed by atoms with Gasteiger partial charge in [-0.1, -0.05) is 36.4 Å². The largest absolute Gasteiger partial charge is 0.481 e. The minimum absolute atomic E-state index is 0.0300. The third kappa shape index (κ3) is 5.61. The maximum atomic E-state index is 12.8. The van der Waals surface area contributed by atoms with Crippen LogP contribution < -0.4 is 10.6 Å². The van der Waals surface area contributed by atoms with Gasteiger partial charge in [-0.25, -0.2) is 4.98 Å². The van der Waals surface area contributed by atoms with Crippen LogP contribution in [0.15, 0.2) is 48.5 Å². The van der Waals surface area contributed by atoms with Crippen molar-refractivity contribution in [2.75, 3.05) is 26.2 Å². The Morgan fingerprint density at radius 3 is 2.48 bits per heavy atom. The quantitative estimate of drug-likeness (QED) is 0.647. The van der Waals surface area contributed by atoms with Crippen molar-refractivity contribution >= 4 is 17.8 Å². The zero-order valence-electron chi connectivity index (χ0n) is 16.0. The minimum atomic E-state index is -1.01. The summed E-state index contributed by atoms with van der Waals surface area (Å²) in [6, 6.07) is 13.7. The molecule has 0 aliphatic carbocycles. The molecule has 1 saturated heterocycles. The van der Waals surface area contributed by atoms with Crippen LogP contribution >= 0.6 is 0 Å². The number of carboxylic acid groups (broad SMARTS) is 1. The SMILES string of the molecule is O=C(O)CC[C@H](NC(=O)c1cccc(-c2ccccc2)n1)C(=O)N1CCNCC1. The van der Waals surface area contributed by atoms with Crippen LogP contribution in [-0.4, -0.2) is 65.0 Å². The van der Waals surface area contributed by atoms with Crippen molar-refractivity contribution in [2.45, 2.75) is 18.9 Å². The number of carbonyl (C=O) groups excluding carboxylic acids is 2. The van der Waals surface area contributed by atoms with Gasteiger partial charge in [0.05, 0.1) is 5.69 Å². The molecule has 0 saturated carbocycles. The Morgan fingerprint density at radius 2 is 1.79 bits per heavy atom. The van der Waals surface area contributed by atoms with Gasteiger partial charge in [0.25, 0.3) is 5.91 Å². The topological polar surface area (TPSA) is 112 Å². The standard InChI is InChI=1S/C21H24N4O4/c26-19(27)10-9-18(21(29)25-13-11-22-12-14-25)24-20(28)17-8-4-7-16(23-17)15-5-2-1-3-6-15/h1-8,18,22H,9-14H2,(H,24,28)(H,26,27)/t18-/m0/s1. The van der Waals surface area contributed by atoms with Gasteiger partial charge in [0.1, 0.15) is 11.7 Å². The first-order valence-corrected chi connectivity index (χ1v) is 9.59. The van der Waals surface area contributed by atoms with Crippen molar-refractivity contribution < 1.29 is 19.5 Å². The summed E-state index contributed by atoms with van der Waals surface area (Å²) in [5.74, 6) is -1.77. The fourth-order valence-corrected chi connectivity index (χ4v) is 3.19.